The molecule has 8 nitrogen and oxygen atoms in total. The number of nitrogens with zero attached hydrogens (tertiary/aromatic N) is 1. The zero-order valence-electron chi connectivity index (χ0n) is 19.6. The number of benzene rings is 3. The average molecular weight is 475 g/mol. The zero-order valence-corrected chi connectivity index (χ0v) is 19.6. The van der Waals surface area contributed by atoms with Crippen LogP contribution in [0, 0.1) is 6.92 Å². The summed E-state index contributed by atoms with van der Waals surface area (Å²) in [7, 11) is 0. The molecule has 1 aromatic heterocycles. The molecule has 0 fully saturated rings. The molecule has 8 heteroatoms. The maximum atomic E-state index is 12.7. The molecule has 0 aliphatic rings. The number of aromatic amines is 1. The summed E-state index contributed by atoms with van der Waals surface area (Å²) in [6, 6.07) is 19.7. The number of carbonyl (C=O) groups is 1. The first-order valence-corrected chi connectivity index (χ1v) is 11.3. The van der Waals surface area contributed by atoms with Crippen molar-refractivity contribution >= 4 is 16.9 Å². The fraction of sp³-hybridized carbons (Fsp3) is 0.222. The molecule has 1 heterocycles. The van der Waals surface area contributed by atoms with Gasteiger partial charge in [0.15, 0.2) is 11.5 Å². The summed E-state index contributed by atoms with van der Waals surface area (Å²) in [5.41, 5.74) is 1.47. The van der Waals surface area contributed by atoms with E-state index in [-0.39, 0.29) is 18.0 Å². The van der Waals surface area contributed by atoms with Gasteiger partial charge in [0.1, 0.15) is 31.4 Å². The third-order valence-electron chi connectivity index (χ3n) is 5.16. The van der Waals surface area contributed by atoms with Gasteiger partial charge in [0.2, 0.25) is 0 Å². The lowest BCUT2D eigenvalue weighted by Gasteiger charge is -2.14. The van der Waals surface area contributed by atoms with Crippen LogP contribution in [0.5, 0.6) is 17.2 Å². The summed E-state index contributed by atoms with van der Waals surface area (Å²) >= 11 is 0. The van der Waals surface area contributed by atoms with Crippen LogP contribution in [-0.4, -0.2) is 35.8 Å². The van der Waals surface area contributed by atoms with Gasteiger partial charge in [0.25, 0.3) is 5.56 Å². The van der Waals surface area contributed by atoms with Gasteiger partial charge in [-0.05, 0) is 55.8 Å². The van der Waals surface area contributed by atoms with Crippen molar-refractivity contribution in [1.29, 1.82) is 0 Å². The first-order chi connectivity index (χ1) is 17.0. The van der Waals surface area contributed by atoms with Gasteiger partial charge in [0.05, 0.1) is 23.1 Å². The number of H-pyrrole nitrogens is 1. The predicted octanol–water partition coefficient (Wildman–Crippen LogP) is 4.45. The lowest BCUT2D eigenvalue weighted by Crippen LogP contribution is -2.15. The number of aryl methyl sites for hydroxylation is 1. The number of carbonyl (C=O) groups excluding carboxylic acids is 1. The van der Waals surface area contributed by atoms with Gasteiger partial charge in [-0.2, -0.15) is 0 Å². The molecular weight excluding hydrogens is 448 g/mol. The van der Waals surface area contributed by atoms with E-state index in [0.29, 0.717) is 47.8 Å². The van der Waals surface area contributed by atoms with Crippen LogP contribution in [-0.2, 0) is 11.3 Å². The van der Waals surface area contributed by atoms with E-state index in [0.717, 1.165) is 11.3 Å². The Morgan fingerprint density at radius 3 is 2.51 bits per heavy atom. The SMILES string of the molecule is CCOc1cc(C(=O)OCc2nc3c(C)cccc3c(=O)[nH]2)ccc1OCCOc1ccccc1. The van der Waals surface area contributed by atoms with Crippen LogP contribution in [0.2, 0.25) is 0 Å². The van der Waals surface area contributed by atoms with Crippen LogP contribution in [0.4, 0.5) is 0 Å². The van der Waals surface area contributed by atoms with E-state index in [1.807, 2.05) is 50.2 Å². The Morgan fingerprint density at radius 1 is 0.914 bits per heavy atom. The van der Waals surface area contributed by atoms with E-state index in [4.69, 9.17) is 18.9 Å². The highest BCUT2D eigenvalue weighted by atomic mass is 16.5. The van der Waals surface area contributed by atoms with Crippen LogP contribution >= 0.6 is 0 Å². The minimum absolute atomic E-state index is 0.169. The number of ether oxygens (including phenoxy) is 4. The van der Waals surface area contributed by atoms with Crippen LogP contribution < -0.4 is 19.8 Å². The topological polar surface area (TPSA) is 99.7 Å². The maximum Gasteiger partial charge on any atom is 0.338 e. The molecule has 0 radical (unpaired) electrons. The molecule has 0 bridgehead atoms. The second-order valence-corrected chi connectivity index (χ2v) is 7.66. The van der Waals surface area contributed by atoms with Crippen LogP contribution in [0.1, 0.15) is 28.7 Å². The van der Waals surface area contributed by atoms with E-state index in [1.165, 1.54) is 0 Å². The molecule has 0 saturated carbocycles. The summed E-state index contributed by atoms with van der Waals surface area (Å²) in [5, 5.41) is 0.492. The van der Waals surface area contributed by atoms with E-state index in [2.05, 4.69) is 9.97 Å². The quantitative estimate of drug-likeness (QED) is 0.268. The average Bonchev–Trinajstić information content (AvgIpc) is 2.87. The second-order valence-electron chi connectivity index (χ2n) is 7.66. The normalized spacial score (nSPS) is 10.7. The number of para-hydroxylation sites is 2. The summed E-state index contributed by atoms with van der Waals surface area (Å²) in [6.07, 6.45) is 0. The minimum atomic E-state index is -0.572. The van der Waals surface area contributed by atoms with Crippen molar-refractivity contribution in [2.75, 3.05) is 19.8 Å². The smallest absolute Gasteiger partial charge is 0.338 e. The Kier molecular flexibility index (Phi) is 7.62. The summed E-state index contributed by atoms with van der Waals surface area (Å²) in [4.78, 5) is 32.1. The number of hydrogen-bond donors (Lipinski definition) is 1. The molecule has 3 aromatic carbocycles. The summed E-state index contributed by atoms with van der Waals surface area (Å²) < 4.78 is 22.5. The molecule has 4 rings (SSSR count). The molecule has 0 saturated heterocycles. The standard InChI is InChI=1S/C27H26N2O6/c1-3-32-23-16-19(12-13-22(23)34-15-14-33-20-9-5-4-6-10-20)27(31)35-17-24-28-25-18(2)8-7-11-21(25)26(30)29-24/h4-13,16H,3,14-15,17H2,1-2H3,(H,28,29,30). The highest BCUT2D eigenvalue weighted by Crippen LogP contribution is 2.29. The van der Waals surface area contributed by atoms with Crippen molar-refractivity contribution < 1.29 is 23.7 Å². The molecule has 0 amide bonds. The van der Waals surface area contributed by atoms with Crippen molar-refractivity contribution in [1.82, 2.24) is 9.97 Å². The van der Waals surface area contributed by atoms with Crippen LogP contribution in [0.15, 0.2) is 71.5 Å². The summed E-state index contributed by atoms with van der Waals surface area (Å²) in [5.74, 6) is 1.38. The largest absolute Gasteiger partial charge is 0.490 e. The summed E-state index contributed by atoms with van der Waals surface area (Å²) in [6.45, 7) is 4.61. The third-order valence-corrected chi connectivity index (χ3v) is 5.16. The van der Waals surface area contributed by atoms with Gasteiger partial charge >= 0.3 is 5.97 Å². The molecule has 0 unspecified atom stereocenters. The molecule has 1 N–H and O–H groups in total. The van der Waals surface area contributed by atoms with Crippen molar-refractivity contribution in [2.24, 2.45) is 0 Å². The molecule has 0 aliphatic heterocycles. The molecule has 0 atom stereocenters. The van der Waals surface area contributed by atoms with Crippen molar-refractivity contribution in [3.63, 3.8) is 0 Å². The Balaban J connectivity index is 1.39. The van der Waals surface area contributed by atoms with E-state index < -0.39 is 5.97 Å². The van der Waals surface area contributed by atoms with Gasteiger partial charge in [-0.1, -0.05) is 30.3 Å². The van der Waals surface area contributed by atoms with Gasteiger partial charge < -0.3 is 23.9 Å². The molecule has 0 spiro atoms. The lowest BCUT2D eigenvalue weighted by atomic mass is 10.1. The first-order valence-electron chi connectivity index (χ1n) is 11.3. The minimum Gasteiger partial charge on any atom is -0.490 e. The molecule has 180 valence electrons. The lowest BCUT2D eigenvalue weighted by molar-refractivity contribution is 0.0461. The highest BCUT2D eigenvalue weighted by molar-refractivity contribution is 5.90. The van der Waals surface area contributed by atoms with E-state index in [1.54, 1.807) is 30.3 Å². The second kappa shape index (κ2) is 11.2. The number of hydrogen-bond acceptors (Lipinski definition) is 7. The number of esters is 1. The maximum absolute atomic E-state index is 12.7. The van der Waals surface area contributed by atoms with Crippen LogP contribution in [0.25, 0.3) is 10.9 Å². The van der Waals surface area contributed by atoms with Gasteiger partial charge in [-0.25, -0.2) is 9.78 Å². The Labute approximate surface area is 202 Å². The number of rotatable bonds is 10. The highest BCUT2D eigenvalue weighted by Gasteiger charge is 2.14. The van der Waals surface area contributed by atoms with E-state index >= 15 is 0 Å². The molecule has 35 heavy (non-hydrogen) atoms. The van der Waals surface area contributed by atoms with Gasteiger partial charge in [-0.3, -0.25) is 4.79 Å². The van der Waals surface area contributed by atoms with Crippen molar-refractivity contribution in [3.05, 3.63) is 94.0 Å². The van der Waals surface area contributed by atoms with Gasteiger partial charge in [0, 0.05) is 0 Å². The number of fused-ring (bicyclic) bond motifs is 1. The predicted molar refractivity (Wildman–Crippen MR) is 131 cm³/mol. The molecule has 4 aromatic rings. The van der Waals surface area contributed by atoms with Crippen LogP contribution in [0.3, 0.4) is 0 Å². The van der Waals surface area contributed by atoms with Gasteiger partial charge in [-0.15, -0.1) is 0 Å². The van der Waals surface area contributed by atoms with Crippen molar-refractivity contribution in [3.8, 4) is 17.2 Å². The third kappa shape index (κ3) is 5.97. The fourth-order valence-corrected chi connectivity index (χ4v) is 3.49. The molecular formula is C27H26N2O6. The first kappa shape index (κ1) is 23.8. The Morgan fingerprint density at radius 2 is 1.71 bits per heavy atom. The van der Waals surface area contributed by atoms with Crippen molar-refractivity contribution in [2.45, 2.75) is 20.5 Å². The van der Waals surface area contributed by atoms with E-state index in [9.17, 15) is 9.59 Å². The number of aromatic nitrogens is 2. The zero-order chi connectivity index (χ0) is 24.6. The Bertz CT molecular complexity index is 1370. The molecule has 0 aliphatic carbocycles. The fourth-order valence-electron chi connectivity index (χ4n) is 3.49. The Hall–Kier alpha value is -4.33. The number of nitrogens with one attached hydrogen (secondary N) is 1. The monoisotopic (exact) mass is 474 g/mol.